The lowest BCUT2D eigenvalue weighted by molar-refractivity contribution is -0.136. The van der Waals surface area contributed by atoms with Crippen LogP contribution in [0.25, 0.3) is 0 Å². The molecule has 2 heterocycles. The average Bonchev–Trinajstić information content (AvgIpc) is 2.61. The van der Waals surface area contributed by atoms with E-state index in [4.69, 9.17) is 16.3 Å². The summed E-state index contributed by atoms with van der Waals surface area (Å²) in [6, 6.07) is 6.22. The van der Waals surface area contributed by atoms with E-state index in [1.54, 1.807) is 18.2 Å². The quantitative estimate of drug-likeness (QED) is 0.807. The number of hydrogen-bond acceptors (Lipinski definition) is 4. The topological polar surface area (TPSA) is 70.7 Å². The van der Waals surface area contributed by atoms with E-state index in [-0.39, 0.29) is 6.03 Å². The summed E-state index contributed by atoms with van der Waals surface area (Å²) in [6.45, 7) is 2.45. The van der Waals surface area contributed by atoms with Crippen LogP contribution < -0.4 is 10.6 Å². The SMILES string of the molecule is COC(=O)C1=C(CN2CCCCC2)NC(=O)NC1c1cccc(Cl)c1. The Morgan fingerprint density at radius 1 is 1.32 bits per heavy atom. The van der Waals surface area contributed by atoms with E-state index >= 15 is 0 Å². The van der Waals surface area contributed by atoms with Crippen LogP contribution in [0.15, 0.2) is 35.5 Å². The van der Waals surface area contributed by atoms with Gasteiger partial charge in [0, 0.05) is 17.3 Å². The first kappa shape index (κ1) is 17.8. The van der Waals surface area contributed by atoms with E-state index in [1.807, 2.05) is 6.07 Å². The lowest BCUT2D eigenvalue weighted by Crippen LogP contribution is -2.48. The zero-order chi connectivity index (χ0) is 17.8. The second-order valence-electron chi connectivity index (χ2n) is 6.31. The first-order chi connectivity index (χ1) is 12.1. The molecule has 1 unspecified atom stereocenters. The molecule has 1 aromatic rings. The average molecular weight is 364 g/mol. The Labute approximate surface area is 152 Å². The van der Waals surface area contributed by atoms with Crippen LogP contribution in [-0.2, 0) is 9.53 Å². The number of hydrogen-bond donors (Lipinski definition) is 2. The number of methoxy groups -OCH3 is 1. The Bertz CT molecular complexity index is 699. The first-order valence-corrected chi connectivity index (χ1v) is 8.83. The molecule has 0 spiro atoms. The summed E-state index contributed by atoms with van der Waals surface area (Å²) in [5.74, 6) is -0.454. The monoisotopic (exact) mass is 363 g/mol. The van der Waals surface area contributed by atoms with Gasteiger partial charge in [0.1, 0.15) is 0 Å². The first-order valence-electron chi connectivity index (χ1n) is 8.45. The molecule has 2 aliphatic heterocycles. The summed E-state index contributed by atoms with van der Waals surface area (Å²) in [4.78, 5) is 26.9. The summed E-state index contributed by atoms with van der Waals surface area (Å²) in [5, 5.41) is 6.15. The Morgan fingerprint density at radius 2 is 2.08 bits per heavy atom. The molecule has 1 aromatic carbocycles. The Hall–Kier alpha value is -2.05. The Morgan fingerprint density at radius 3 is 2.76 bits per heavy atom. The third-order valence-corrected chi connectivity index (χ3v) is 4.81. The van der Waals surface area contributed by atoms with Gasteiger partial charge in [0.25, 0.3) is 0 Å². The minimum atomic E-state index is -0.584. The number of carbonyl (C=O) groups is 2. The van der Waals surface area contributed by atoms with Crippen molar-refractivity contribution in [3.63, 3.8) is 0 Å². The number of nitrogens with zero attached hydrogens (tertiary/aromatic N) is 1. The van der Waals surface area contributed by atoms with Crippen molar-refractivity contribution in [2.75, 3.05) is 26.7 Å². The number of piperidine rings is 1. The summed E-state index contributed by atoms with van der Waals surface area (Å²) < 4.78 is 4.99. The van der Waals surface area contributed by atoms with E-state index in [0.29, 0.717) is 22.8 Å². The predicted molar refractivity (Wildman–Crippen MR) is 95.2 cm³/mol. The largest absolute Gasteiger partial charge is 0.466 e. The number of esters is 1. The molecule has 6 nitrogen and oxygen atoms in total. The summed E-state index contributed by atoms with van der Waals surface area (Å²) >= 11 is 6.08. The van der Waals surface area contributed by atoms with Gasteiger partial charge in [-0.3, -0.25) is 4.90 Å². The maximum Gasteiger partial charge on any atom is 0.338 e. The van der Waals surface area contributed by atoms with E-state index < -0.39 is 12.0 Å². The standard InChI is InChI=1S/C18H22ClN3O3/c1-25-17(23)15-14(11-22-8-3-2-4-9-22)20-18(24)21-16(15)12-6-5-7-13(19)10-12/h5-7,10,16H,2-4,8-9,11H2,1H3,(H2,20,21,24). The van der Waals surface area contributed by atoms with Crippen molar-refractivity contribution < 1.29 is 14.3 Å². The maximum atomic E-state index is 12.5. The number of benzene rings is 1. The van der Waals surface area contributed by atoms with Crippen molar-refractivity contribution in [3.05, 3.63) is 46.1 Å². The van der Waals surface area contributed by atoms with Gasteiger partial charge in [-0.25, -0.2) is 9.59 Å². The number of rotatable bonds is 4. The second-order valence-corrected chi connectivity index (χ2v) is 6.74. The van der Waals surface area contributed by atoms with Crippen molar-refractivity contribution in [3.8, 4) is 0 Å². The van der Waals surface area contributed by atoms with Gasteiger partial charge < -0.3 is 15.4 Å². The third kappa shape index (κ3) is 4.14. The number of halogens is 1. The molecule has 134 valence electrons. The molecule has 1 saturated heterocycles. The molecule has 7 heteroatoms. The molecular weight excluding hydrogens is 342 g/mol. The van der Waals surface area contributed by atoms with Gasteiger partial charge in [-0.05, 0) is 43.6 Å². The normalized spacial score (nSPS) is 21.5. The molecule has 0 aliphatic carbocycles. The molecule has 0 bridgehead atoms. The fraction of sp³-hybridized carbons (Fsp3) is 0.444. The van der Waals surface area contributed by atoms with Gasteiger partial charge in [0.2, 0.25) is 0 Å². The van der Waals surface area contributed by atoms with Crippen LogP contribution >= 0.6 is 11.6 Å². The second kappa shape index (κ2) is 7.89. The minimum Gasteiger partial charge on any atom is -0.466 e. The van der Waals surface area contributed by atoms with Gasteiger partial charge in [-0.2, -0.15) is 0 Å². The van der Waals surface area contributed by atoms with Crippen LogP contribution in [0.2, 0.25) is 5.02 Å². The van der Waals surface area contributed by atoms with Crippen molar-refractivity contribution in [2.45, 2.75) is 25.3 Å². The van der Waals surface area contributed by atoms with E-state index in [0.717, 1.165) is 31.5 Å². The fourth-order valence-electron chi connectivity index (χ4n) is 3.37. The number of carbonyl (C=O) groups excluding carboxylic acids is 2. The van der Waals surface area contributed by atoms with Gasteiger partial charge in [-0.1, -0.05) is 30.2 Å². The van der Waals surface area contributed by atoms with Crippen LogP contribution in [0.5, 0.6) is 0 Å². The molecule has 3 rings (SSSR count). The molecule has 2 N–H and O–H groups in total. The molecule has 1 fully saturated rings. The van der Waals surface area contributed by atoms with E-state index in [9.17, 15) is 9.59 Å². The van der Waals surface area contributed by atoms with Crippen molar-refractivity contribution in [1.29, 1.82) is 0 Å². The summed E-state index contributed by atoms with van der Waals surface area (Å²) in [7, 11) is 1.35. The van der Waals surface area contributed by atoms with Crippen LogP contribution in [0.1, 0.15) is 30.9 Å². The Balaban J connectivity index is 1.98. The number of ether oxygens (including phenoxy) is 1. The smallest absolute Gasteiger partial charge is 0.338 e. The van der Waals surface area contributed by atoms with Gasteiger partial charge >= 0.3 is 12.0 Å². The predicted octanol–water partition coefficient (Wildman–Crippen LogP) is 2.61. The van der Waals surface area contributed by atoms with Gasteiger partial charge in [0.15, 0.2) is 0 Å². The van der Waals surface area contributed by atoms with Crippen LogP contribution in [-0.4, -0.2) is 43.6 Å². The highest BCUT2D eigenvalue weighted by Gasteiger charge is 2.34. The van der Waals surface area contributed by atoms with E-state index in [2.05, 4.69) is 15.5 Å². The number of likely N-dealkylation sites (tertiary alicyclic amines) is 1. The summed E-state index contributed by atoms with van der Waals surface area (Å²) in [6.07, 6.45) is 3.48. The molecule has 1 atom stereocenters. The molecule has 25 heavy (non-hydrogen) atoms. The molecule has 0 saturated carbocycles. The molecule has 2 amide bonds. The number of nitrogens with one attached hydrogen (secondary N) is 2. The molecule has 2 aliphatic rings. The lowest BCUT2D eigenvalue weighted by Gasteiger charge is -2.33. The van der Waals surface area contributed by atoms with E-state index in [1.165, 1.54) is 13.5 Å². The van der Waals surface area contributed by atoms with Gasteiger partial charge in [0.05, 0.1) is 18.7 Å². The van der Waals surface area contributed by atoms with Crippen molar-refractivity contribution >= 4 is 23.6 Å². The highest BCUT2D eigenvalue weighted by Crippen LogP contribution is 2.29. The fourth-order valence-corrected chi connectivity index (χ4v) is 3.57. The van der Waals surface area contributed by atoms with Gasteiger partial charge in [-0.15, -0.1) is 0 Å². The number of amides is 2. The van der Waals surface area contributed by atoms with Crippen molar-refractivity contribution in [2.24, 2.45) is 0 Å². The molecule has 0 radical (unpaired) electrons. The number of urea groups is 1. The highest BCUT2D eigenvalue weighted by molar-refractivity contribution is 6.30. The highest BCUT2D eigenvalue weighted by atomic mass is 35.5. The Kier molecular flexibility index (Phi) is 5.60. The zero-order valence-electron chi connectivity index (χ0n) is 14.2. The lowest BCUT2D eigenvalue weighted by atomic mass is 9.94. The van der Waals surface area contributed by atoms with Crippen LogP contribution in [0, 0.1) is 0 Å². The molecular formula is C18H22ClN3O3. The van der Waals surface area contributed by atoms with Crippen molar-refractivity contribution in [1.82, 2.24) is 15.5 Å². The van der Waals surface area contributed by atoms with Crippen LogP contribution in [0.4, 0.5) is 4.79 Å². The van der Waals surface area contributed by atoms with Crippen LogP contribution in [0.3, 0.4) is 0 Å². The zero-order valence-corrected chi connectivity index (χ0v) is 14.9. The maximum absolute atomic E-state index is 12.5. The minimum absolute atomic E-state index is 0.329. The third-order valence-electron chi connectivity index (χ3n) is 4.57. The summed E-state index contributed by atoms with van der Waals surface area (Å²) in [5.41, 5.74) is 1.77. The molecule has 0 aromatic heterocycles.